The molecule has 4 rings (SSSR count). The Kier molecular flexibility index (Phi) is 6.60. The van der Waals surface area contributed by atoms with Crippen molar-refractivity contribution in [3.8, 4) is 0 Å². The molecule has 0 aromatic heterocycles. The lowest BCUT2D eigenvalue weighted by Gasteiger charge is -2.31. The van der Waals surface area contributed by atoms with Gasteiger partial charge in [0.15, 0.2) is 0 Å². The standard InChI is InChI=1S/C23H27N3O4S2/c1-3-16-5-4-6-18(13-16)24-23(28)17-9-11-26(12-10-17)32(29,30)19-7-8-21-20(14-19)25-22(27)15(2)31-21/h4-8,13-15,17H,3,9-12H2,1-2H3,(H,24,28)(H,25,27)/t15-/m0/s1. The van der Waals surface area contributed by atoms with Crippen LogP contribution in [-0.2, 0) is 26.0 Å². The Morgan fingerprint density at radius 3 is 2.66 bits per heavy atom. The van der Waals surface area contributed by atoms with Crippen LogP contribution in [0.15, 0.2) is 52.3 Å². The third kappa shape index (κ3) is 4.69. The predicted molar refractivity (Wildman–Crippen MR) is 126 cm³/mol. The number of nitrogens with one attached hydrogen (secondary N) is 2. The minimum absolute atomic E-state index is 0.0714. The van der Waals surface area contributed by atoms with Gasteiger partial charge in [0.2, 0.25) is 21.8 Å². The molecular weight excluding hydrogens is 446 g/mol. The highest BCUT2D eigenvalue weighted by Gasteiger charge is 2.33. The van der Waals surface area contributed by atoms with Gasteiger partial charge in [0, 0.05) is 29.6 Å². The van der Waals surface area contributed by atoms with Crippen molar-refractivity contribution in [2.75, 3.05) is 23.7 Å². The number of anilines is 2. The van der Waals surface area contributed by atoms with E-state index in [1.54, 1.807) is 12.1 Å². The highest BCUT2D eigenvalue weighted by atomic mass is 32.2. The van der Waals surface area contributed by atoms with Crippen molar-refractivity contribution in [3.63, 3.8) is 0 Å². The van der Waals surface area contributed by atoms with E-state index < -0.39 is 10.0 Å². The quantitative estimate of drug-likeness (QED) is 0.690. The fraction of sp³-hybridized carbons (Fsp3) is 0.391. The Hall–Kier alpha value is -2.36. The van der Waals surface area contributed by atoms with Crippen molar-refractivity contribution in [3.05, 3.63) is 48.0 Å². The zero-order valence-corrected chi connectivity index (χ0v) is 19.8. The second kappa shape index (κ2) is 9.25. The summed E-state index contributed by atoms with van der Waals surface area (Å²) in [5.74, 6) is -0.432. The maximum absolute atomic E-state index is 13.2. The van der Waals surface area contributed by atoms with Crippen LogP contribution in [-0.4, -0.2) is 42.9 Å². The van der Waals surface area contributed by atoms with Gasteiger partial charge in [-0.2, -0.15) is 4.31 Å². The first-order valence-electron chi connectivity index (χ1n) is 10.8. The lowest BCUT2D eigenvalue weighted by molar-refractivity contribution is -0.121. The summed E-state index contributed by atoms with van der Waals surface area (Å²) in [6, 6.07) is 12.6. The van der Waals surface area contributed by atoms with Crippen molar-refractivity contribution < 1.29 is 18.0 Å². The van der Waals surface area contributed by atoms with Gasteiger partial charge in [-0.3, -0.25) is 9.59 Å². The summed E-state index contributed by atoms with van der Waals surface area (Å²) in [4.78, 5) is 25.7. The molecule has 1 fully saturated rings. The van der Waals surface area contributed by atoms with Gasteiger partial charge in [-0.05, 0) is 62.1 Å². The Morgan fingerprint density at radius 1 is 1.19 bits per heavy atom. The van der Waals surface area contributed by atoms with E-state index in [1.807, 2.05) is 31.2 Å². The molecule has 9 heteroatoms. The molecule has 2 heterocycles. The zero-order valence-electron chi connectivity index (χ0n) is 18.1. The van der Waals surface area contributed by atoms with Crippen molar-refractivity contribution >= 4 is 45.0 Å². The molecule has 170 valence electrons. The van der Waals surface area contributed by atoms with Gasteiger partial charge >= 0.3 is 0 Å². The molecule has 0 aliphatic carbocycles. The molecule has 2 aromatic carbocycles. The molecule has 2 N–H and O–H groups in total. The molecule has 2 amide bonds. The summed E-state index contributed by atoms with van der Waals surface area (Å²) in [6.45, 7) is 4.44. The van der Waals surface area contributed by atoms with Crippen molar-refractivity contribution in [2.45, 2.75) is 48.2 Å². The van der Waals surface area contributed by atoms with Crippen molar-refractivity contribution in [1.29, 1.82) is 0 Å². The molecular formula is C23H27N3O4S2. The number of carbonyl (C=O) groups is 2. The zero-order chi connectivity index (χ0) is 22.9. The number of nitrogens with zero attached hydrogens (tertiary/aromatic N) is 1. The minimum Gasteiger partial charge on any atom is -0.326 e. The molecule has 0 spiro atoms. The van der Waals surface area contributed by atoms with E-state index in [0.717, 1.165) is 22.6 Å². The van der Waals surface area contributed by atoms with E-state index in [9.17, 15) is 18.0 Å². The Bertz CT molecular complexity index is 1140. The third-order valence-electron chi connectivity index (χ3n) is 5.95. The lowest BCUT2D eigenvalue weighted by atomic mass is 9.97. The third-order valence-corrected chi connectivity index (χ3v) is 9.02. The van der Waals surface area contributed by atoms with Gasteiger partial charge in [-0.15, -0.1) is 11.8 Å². The Balaban J connectivity index is 1.40. The smallest absolute Gasteiger partial charge is 0.243 e. The molecule has 7 nitrogen and oxygen atoms in total. The summed E-state index contributed by atoms with van der Waals surface area (Å²) >= 11 is 1.42. The molecule has 2 aliphatic heterocycles. The first kappa shape index (κ1) is 22.8. The average Bonchev–Trinajstić information content (AvgIpc) is 2.79. The van der Waals surface area contributed by atoms with E-state index in [4.69, 9.17) is 0 Å². The summed E-state index contributed by atoms with van der Waals surface area (Å²) in [5, 5.41) is 5.54. The number of amides is 2. The van der Waals surface area contributed by atoms with Gasteiger partial charge in [-0.1, -0.05) is 19.1 Å². The van der Waals surface area contributed by atoms with Gasteiger partial charge in [0.25, 0.3) is 0 Å². The average molecular weight is 474 g/mol. The summed E-state index contributed by atoms with van der Waals surface area (Å²) < 4.78 is 27.8. The van der Waals surface area contributed by atoms with E-state index >= 15 is 0 Å². The van der Waals surface area contributed by atoms with E-state index in [2.05, 4.69) is 17.6 Å². The largest absolute Gasteiger partial charge is 0.326 e. The molecule has 1 saturated heterocycles. The van der Waals surface area contributed by atoms with Crippen LogP contribution in [0.2, 0.25) is 0 Å². The van der Waals surface area contributed by atoms with E-state index in [0.29, 0.717) is 18.5 Å². The number of sulfonamides is 1. The molecule has 0 bridgehead atoms. The fourth-order valence-corrected chi connectivity index (χ4v) is 6.40. The number of rotatable bonds is 5. The molecule has 2 aliphatic rings. The van der Waals surface area contributed by atoms with Gasteiger partial charge in [0.1, 0.15) is 0 Å². The molecule has 0 saturated carbocycles. The number of thioether (sulfide) groups is 1. The summed E-state index contributed by atoms with van der Waals surface area (Å²) in [7, 11) is -3.70. The van der Waals surface area contributed by atoms with Crippen LogP contribution in [0.25, 0.3) is 0 Å². The van der Waals surface area contributed by atoms with Crippen LogP contribution >= 0.6 is 11.8 Å². The van der Waals surface area contributed by atoms with Crippen molar-refractivity contribution in [2.24, 2.45) is 5.92 Å². The number of piperidine rings is 1. The number of carbonyl (C=O) groups excluding carboxylic acids is 2. The molecule has 1 atom stereocenters. The molecule has 0 radical (unpaired) electrons. The van der Waals surface area contributed by atoms with Crippen LogP contribution in [0.4, 0.5) is 11.4 Å². The minimum atomic E-state index is -3.70. The molecule has 32 heavy (non-hydrogen) atoms. The fourth-order valence-electron chi connectivity index (χ4n) is 3.97. The number of hydrogen-bond acceptors (Lipinski definition) is 5. The Morgan fingerprint density at radius 2 is 1.94 bits per heavy atom. The number of fused-ring (bicyclic) bond motifs is 1. The van der Waals surface area contributed by atoms with Gasteiger partial charge in [-0.25, -0.2) is 8.42 Å². The molecule has 0 unspecified atom stereocenters. The van der Waals surface area contributed by atoms with Crippen molar-refractivity contribution in [1.82, 2.24) is 4.31 Å². The van der Waals surface area contributed by atoms with Gasteiger partial charge < -0.3 is 10.6 Å². The number of aryl methyl sites for hydroxylation is 1. The second-order valence-electron chi connectivity index (χ2n) is 8.13. The first-order valence-corrected chi connectivity index (χ1v) is 13.1. The SMILES string of the molecule is CCc1cccc(NC(=O)C2CCN(S(=O)(=O)c3ccc4c(c3)NC(=O)[C@H](C)S4)CC2)c1. The summed E-state index contributed by atoms with van der Waals surface area (Å²) in [6.07, 6.45) is 1.82. The van der Waals surface area contributed by atoms with Crippen LogP contribution in [0.3, 0.4) is 0 Å². The number of benzene rings is 2. The Labute approximate surface area is 193 Å². The topological polar surface area (TPSA) is 95.6 Å². The highest BCUT2D eigenvalue weighted by molar-refractivity contribution is 8.01. The van der Waals surface area contributed by atoms with Crippen LogP contribution < -0.4 is 10.6 Å². The highest BCUT2D eigenvalue weighted by Crippen LogP contribution is 2.37. The summed E-state index contributed by atoms with van der Waals surface area (Å²) in [5.41, 5.74) is 2.45. The predicted octanol–water partition coefficient (Wildman–Crippen LogP) is 3.72. The maximum Gasteiger partial charge on any atom is 0.243 e. The van der Waals surface area contributed by atoms with Crippen LogP contribution in [0.5, 0.6) is 0 Å². The molecule has 2 aromatic rings. The number of hydrogen-bond donors (Lipinski definition) is 2. The monoisotopic (exact) mass is 473 g/mol. The normalized spacial score (nSPS) is 19.8. The van der Waals surface area contributed by atoms with E-state index in [1.165, 1.54) is 22.1 Å². The van der Waals surface area contributed by atoms with E-state index in [-0.39, 0.29) is 41.0 Å². The second-order valence-corrected chi connectivity index (χ2v) is 11.4. The maximum atomic E-state index is 13.2. The van der Waals surface area contributed by atoms with Crippen LogP contribution in [0.1, 0.15) is 32.3 Å². The van der Waals surface area contributed by atoms with Gasteiger partial charge in [0.05, 0.1) is 15.8 Å². The van der Waals surface area contributed by atoms with Crippen LogP contribution in [0, 0.1) is 5.92 Å². The lowest BCUT2D eigenvalue weighted by Crippen LogP contribution is -2.41. The first-order chi connectivity index (χ1) is 15.3.